The average Bonchev–Trinajstić information content (AvgIpc) is 3.29. The van der Waals surface area contributed by atoms with Crippen molar-refractivity contribution in [3.63, 3.8) is 0 Å². The SMILES string of the molecule is CCOC(=O)[C@@]1(C#N)C(c2ccc(C(=O)C(C)(C)CC(=O)c3c(F)cccc3F)cc2)C1(C)C. The second kappa shape index (κ2) is 8.75. The molecule has 0 aliphatic heterocycles. The van der Waals surface area contributed by atoms with Gasteiger partial charge in [0.05, 0.1) is 18.2 Å². The van der Waals surface area contributed by atoms with Crippen molar-refractivity contribution in [2.24, 2.45) is 16.2 Å². The van der Waals surface area contributed by atoms with Crippen LogP contribution in [-0.2, 0) is 9.53 Å². The van der Waals surface area contributed by atoms with E-state index in [9.17, 15) is 28.4 Å². The van der Waals surface area contributed by atoms with Gasteiger partial charge in [-0.15, -0.1) is 0 Å². The number of halogens is 2. The van der Waals surface area contributed by atoms with Crippen molar-refractivity contribution >= 4 is 17.5 Å². The van der Waals surface area contributed by atoms with Gasteiger partial charge in [0.15, 0.2) is 17.0 Å². The van der Waals surface area contributed by atoms with Gasteiger partial charge < -0.3 is 4.74 Å². The quantitative estimate of drug-likeness (QED) is 0.370. The number of rotatable bonds is 8. The molecular formula is C27H27F2NO4. The molecule has 5 nitrogen and oxygen atoms in total. The molecule has 1 saturated carbocycles. The summed E-state index contributed by atoms with van der Waals surface area (Å²) in [5.74, 6) is -4.05. The van der Waals surface area contributed by atoms with Crippen LogP contribution in [0.5, 0.6) is 0 Å². The van der Waals surface area contributed by atoms with Gasteiger partial charge >= 0.3 is 5.97 Å². The summed E-state index contributed by atoms with van der Waals surface area (Å²) in [5.41, 5.74) is -2.78. The summed E-state index contributed by atoms with van der Waals surface area (Å²) >= 11 is 0. The van der Waals surface area contributed by atoms with E-state index in [1.54, 1.807) is 45.0 Å². The second-order valence-electron chi connectivity index (χ2n) is 9.83. The highest BCUT2D eigenvalue weighted by Gasteiger charge is 2.78. The van der Waals surface area contributed by atoms with E-state index in [0.717, 1.165) is 17.7 Å². The summed E-state index contributed by atoms with van der Waals surface area (Å²) in [4.78, 5) is 38.3. The molecule has 1 unspecified atom stereocenters. The third-order valence-corrected chi connectivity index (χ3v) is 6.83. The van der Waals surface area contributed by atoms with Crippen LogP contribution in [0.1, 0.15) is 73.2 Å². The topological polar surface area (TPSA) is 84.2 Å². The van der Waals surface area contributed by atoms with E-state index in [1.807, 2.05) is 13.8 Å². The second-order valence-corrected chi connectivity index (χ2v) is 9.83. The van der Waals surface area contributed by atoms with Gasteiger partial charge in [-0.1, -0.05) is 58.0 Å². The Hall–Kier alpha value is -3.40. The molecule has 0 saturated heterocycles. The zero-order valence-corrected chi connectivity index (χ0v) is 19.9. The summed E-state index contributed by atoms with van der Waals surface area (Å²) in [6.07, 6.45) is -0.374. The van der Waals surface area contributed by atoms with Crippen LogP contribution < -0.4 is 0 Å². The lowest BCUT2D eigenvalue weighted by Gasteiger charge is -2.23. The molecule has 0 amide bonds. The van der Waals surface area contributed by atoms with E-state index < -0.39 is 51.1 Å². The van der Waals surface area contributed by atoms with Gasteiger partial charge in [0, 0.05) is 28.7 Å². The van der Waals surface area contributed by atoms with E-state index in [1.165, 1.54) is 6.07 Å². The first-order valence-corrected chi connectivity index (χ1v) is 11.1. The summed E-state index contributed by atoms with van der Waals surface area (Å²) < 4.78 is 33.1. The van der Waals surface area contributed by atoms with Gasteiger partial charge in [-0.3, -0.25) is 14.4 Å². The van der Waals surface area contributed by atoms with Gasteiger partial charge in [0.1, 0.15) is 11.6 Å². The highest BCUT2D eigenvalue weighted by molar-refractivity contribution is 6.05. The number of nitrogens with zero attached hydrogens (tertiary/aromatic N) is 1. The monoisotopic (exact) mass is 467 g/mol. The van der Waals surface area contributed by atoms with Crippen LogP contribution >= 0.6 is 0 Å². The third-order valence-electron chi connectivity index (χ3n) is 6.83. The Morgan fingerprint density at radius 2 is 1.62 bits per heavy atom. The number of carbonyl (C=O) groups excluding carboxylic acids is 3. The fraction of sp³-hybridized carbons (Fsp3) is 0.407. The molecule has 1 fully saturated rings. The van der Waals surface area contributed by atoms with Gasteiger partial charge in [-0.2, -0.15) is 5.26 Å². The first kappa shape index (κ1) is 25.2. The van der Waals surface area contributed by atoms with Crippen LogP contribution in [0.15, 0.2) is 42.5 Å². The zero-order valence-electron chi connectivity index (χ0n) is 19.9. The Balaban J connectivity index is 1.82. The normalized spacial score (nSPS) is 20.8. The number of Topliss-reactive ketones (excluding diaryl/α,β-unsaturated/α-hetero) is 2. The largest absolute Gasteiger partial charge is 0.465 e. The molecule has 3 rings (SSSR count). The fourth-order valence-corrected chi connectivity index (χ4v) is 4.86. The van der Waals surface area contributed by atoms with Crippen LogP contribution in [0.2, 0.25) is 0 Å². The number of benzene rings is 2. The van der Waals surface area contributed by atoms with Crippen molar-refractivity contribution in [1.82, 2.24) is 0 Å². The molecular weight excluding hydrogens is 440 g/mol. The first-order valence-electron chi connectivity index (χ1n) is 11.1. The fourth-order valence-electron chi connectivity index (χ4n) is 4.86. The van der Waals surface area contributed by atoms with Crippen LogP contribution in [-0.4, -0.2) is 24.1 Å². The van der Waals surface area contributed by atoms with Crippen LogP contribution in [0.3, 0.4) is 0 Å². The van der Waals surface area contributed by atoms with E-state index in [-0.39, 0.29) is 18.8 Å². The van der Waals surface area contributed by atoms with E-state index in [4.69, 9.17) is 4.74 Å². The number of esters is 1. The summed E-state index contributed by atoms with van der Waals surface area (Å²) in [6.45, 7) is 8.60. The van der Waals surface area contributed by atoms with E-state index >= 15 is 0 Å². The minimum Gasteiger partial charge on any atom is -0.465 e. The molecule has 178 valence electrons. The lowest BCUT2D eigenvalue weighted by Crippen LogP contribution is -2.28. The Morgan fingerprint density at radius 1 is 1.06 bits per heavy atom. The highest BCUT2D eigenvalue weighted by atomic mass is 19.1. The molecule has 1 aliphatic carbocycles. The maximum Gasteiger partial charge on any atom is 0.327 e. The predicted molar refractivity (Wildman–Crippen MR) is 121 cm³/mol. The van der Waals surface area contributed by atoms with Crippen molar-refractivity contribution in [2.45, 2.75) is 47.0 Å². The molecule has 7 heteroatoms. The Labute approximate surface area is 197 Å². The molecule has 2 aromatic carbocycles. The maximum absolute atomic E-state index is 14.0. The number of hydrogen-bond donors (Lipinski definition) is 0. The lowest BCUT2D eigenvalue weighted by molar-refractivity contribution is -0.148. The summed E-state index contributed by atoms with van der Waals surface area (Å²) in [6, 6.07) is 11.8. The lowest BCUT2D eigenvalue weighted by atomic mass is 9.78. The van der Waals surface area contributed by atoms with Crippen molar-refractivity contribution in [2.75, 3.05) is 6.61 Å². The number of hydrogen-bond acceptors (Lipinski definition) is 5. The Bertz CT molecular complexity index is 1170. The molecule has 0 spiro atoms. The predicted octanol–water partition coefficient (Wildman–Crippen LogP) is 5.64. The highest BCUT2D eigenvalue weighted by Crippen LogP contribution is 2.74. The van der Waals surface area contributed by atoms with Crippen LogP contribution in [0.4, 0.5) is 8.78 Å². The van der Waals surface area contributed by atoms with E-state index in [0.29, 0.717) is 5.56 Å². The van der Waals surface area contributed by atoms with E-state index in [2.05, 4.69) is 6.07 Å². The molecule has 0 aromatic heterocycles. The number of ether oxygens (including phenoxy) is 1. The minimum atomic E-state index is -1.30. The van der Waals surface area contributed by atoms with Crippen molar-refractivity contribution in [1.29, 1.82) is 5.26 Å². The van der Waals surface area contributed by atoms with Crippen molar-refractivity contribution < 1.29 is 27.9 Å². The molecule has 0 bridgehead atoms. The zero-order chi connectivity index (χ0) is 25.5. The van der Waals surface area contributed by atoms with Gasteiger partial charge in [-0.25, -0.2) is 8.78 Å². The first-order chi connectivity index (χ1) is 15.8. The Morgan fingerprint density at radius 3 is 2.12 bits per heavy atom. The van der Waals surface area contributed by atoms with Crippen LogP contribution in [0, 0.1) is 39.2 Å². The van der Waals surface area contributed by atoms with Crippen molar-refractivity contribution in [3.05, 3.63) is 70.8 Å². The third kappa shape index (κ3) is 3.91. The molecule has 0 heterocycles. The smallest absolute Gasteiger partial charge is 0.327 e. The number of nitriles is 1. The molecule has 34 heavy (non-hydrogen) atoms. The van der Waals surface area contributed by atoms with Gasteiger partial charge in [0.25, 0.3) is 0 Å². The van der Waals surface area contributed by atoms with Gasteiger partial charge in [0.2, 0.25) is 0 Å². The minimum absolute atomic E-state index is 0.170. The molecule has 0 radical (unpaired) electrons. The number of carbonyl (C=O) groups is 3. The molecule has 2 aromatic rings. The summed E-state index contributed by atoms with van der Waals surface area (Å²) in [7, 11) is 0. The average molecular weight is 468 g/mol. The van der Waals surface area contributed by atoms with Crippen molar-refractivity contribution in [3.8, 4) is 6.07 Å². The van der Waals surface area contributed by atoms with Crippen LogP contribution in [0.25, 0.3) is 0 Å². The maximum atomic E-state index is 14.0. The van der Waals surface area contributed by atoms with Gasteiger partial charge in [-0.05, 0) is 24.6 Å². The molecule has 1 aliphatic rings. The number of ketones is 2. The molecule has 0 N–H and O–H groups in total. The summed E-state index contributed by atoms with van der Waals surface area (Å²) in [5, 5.41) is 9.80. The molecule has 2 atom stereocenters. The Kier molecular flexibility index (Phi) is 6.49. The standard InChI is InChI=1S/C27H27F2NO4/c1-6-34-24(33)27(15-30)22(26(27,4)5)16-10-12-17(13-11-16)23(32)25(2,3)14-20(31)21-18(28)8-7-9-19(21)29/h7-13,22H,6,14H2,1-5H3/t22?,27-/m1/s1.